The number of rotatable bonds is 5. The lowest BCUT2D eigenvalue weighted by atomic mass is 10.1. The molecule has 1 heterocycles. The predicted molar refractivity (Wildman–Crippen MR) is 105 cm³/mol. The summed E-state index contributed by atoms with van der Waals surface area (Å²) in [6.07, 6.45) is 2.45. The lowest BCUT2D eigenvalue weighted by Crippen LogP contribution is -2.43. The predicted octanol–water partition coefficient (Wildman–Crippen LogP) is 2.35. The molecule has 146 valence electrons. The summed E-state index contributed by atoms with van der Waals surface area (Å²) in [6.45, 7) is 2.42. The number of hydrazine groups is 1. The second kappa shape index (κ2) is 9.03. The van der Waals surface area contributed by atoms with Crippen LogP contribution < -0.4 is 20.5 Å². The largest absolute Gasteiger partial charge is 0.484 e. The zero-order chi connectivity index (χ0) is 19.9. The average molecular weight is 381 g/mol. The summed E-state index contributed by atoms with van der Waals surface area (Å²) in [5.41, 5.74) is 6.86. The SMILES string of the molecule is Cc1cccc(OCC(=O)NNC(=O)c2ccc(N3CCCCC3=O)cc2)c1. The highest BCUT2D eigenvalue weighted by Gasteiger charge is 2.19. The Kier molecular flexibility index (Phi) is 6.26. The number of aryl methyl sites for hydroxylation is 1. The molecule has 3 amide bonds. The van der Waals surface area contributed by atoms with Gasteiger partial charge in [0.05, 0.1) is 0 Å². The van der Waals surface area contributed by atoms with Crippen molar-refractivity contribution in [3.05, 3.63) is 59.7 Å². The Bertz CT molecular complexity index is 864. The second-order valence-corrected chi connectivity index (χ2v) is 6.66. The monoisotopic (exact) mass is 381 g/mol. The lowest BCUT2D eigenvalue weighted by molar-refractivity contribution is -0.124. The number of carbonyl (C=O) groups is 3. The quantitative estimate of drug-likeness (QED) is 0.779. The Morgan fingerprint density at radius 1 is 1.07 bits per heavy atom. The minimum atomic E-state index is -0.467. The van der Waals surface area contributed by atoms with Gasteiger partial charge in [-0.15, -0.1) is 0 Å². The Hall–Kier alpha value is -3.35. The summed E-state index contributed by atoms with van der Waals surface area (Å²) >= 11 is 0. The molecule has 0 aliphatic carbocycles. The third kappa shape index (κ3) is 5.09. The highest BCUT2D eigenvalue weighted by Crippen LogP contribution is 2.21. The van der Waals surface area contributed by atoms with Crippen molar-refractivity contribution in [1.29, 1.82) is 0 Å². The zero-order valence-corrected chi connectivity index (χ0v) is 15.7. The van der Waals surface area contributed by atoms with Gasteiger partial charge < -0.3 is 9.64 Å². The molecule has 0 saturated carbocycles. The van der Waals surface area contributed by atoms with E-state index in [-0.39, 0.29) is 12.5 Å². The van der Waals surface area contributed by atoms with Gasteiger partial charge in [0, 0.05) is 24.2 Å². The van der Waals surface area contributed by atoms with Gasteiger partial charge in [-0.3, -0.25) is 25.2 Å². The number of amides is 3. The van der Waals surface area contributed by atoms with Crippen LogP contribution in [0.2, 0.25) is 0 Å². The van der Waals surface area contributed by atoms with Crippen LogP contribution in [0.3, 0.4) is 0 Å². The van der Waals surface area contributed by atoms with E-state index in [0.29, 0.717) is 24.3 Å². The van der Waals surface area contributed by atoms with E-state index in [4.69, 9.17) is 4.74 Å². The van der Waals surface area contributed by atoms with Crippen molar-refractivity contribution in [2.75, 3.05) is 18.1 Å². The van der Waals surface area contributed by atoms with Crippen molar-refractivity contribution in [1.82, 2.24) is 10.9 Å². The molecule has 3 rings (SSSR count). The topological polar surface area (TPSA) is 87.7 Å². The molecule has 0 radical (unpaired) electrons. The third-order valence-corrected chi connectivity index (χ3v) is 4.44. The number of nitrogens with zero attached hydrogens (tertiary/aromatic N) is 1. The van der Waals surface area contributed by atoms with E-state index in [0.717, 1.165) is 24.1 Å². The summed E-state index contributed by atoms with van der Waals surface area (Å²) in [6, 6.07) is 14.1. The normalized spacial score (nSPS) is 13.8. The number of hydrogen-bond acceptors (Lipinski definition) is 4. The van der Waals surface area contributed by atoms with Gasteiger partial charge in [-0.2, -0.15) is 0 Å². The van der Waals surface area contributed by atoms with Crippen LogP contribution in [0.15, 0.2) is 48.5 Å². The van der Waals surface area contributed by atoms with E-state index in [1.807, 2.05) is 25.1 Å². The molecule has 2 aromatic carbocycles. The van der Waals surface area contributed by atoms with Crippen LogP contribution in [0, 0.1) is 6.92 Å². The molecule has 2 aromatic rings. The lowest BCUT2D eigenvalue weighted by Gasteiger charge is -2.26. The number of nitrogens with one attached hydrogen (secondary N) is 2. The van der Waals surface area contributed by atoms with E-state index in [1.165, 1.54) is 0 Å². The summed E-state index contributed by atoms with van der Waals surface area (Å²) in [4.78, 5) is 37.7. The Morgan fingerprint density at radius 2 is 1.86 bits per heavy atom. The van der Waals surface area contributed by atoms with Crippen LogP contribution in [-0.2, 0) is 9.59 Å². The Labute approximate surface area is 163 Å². The number of anilines is 1. The van der Waals surface area contributed by atoms with E-state index >= 15 is 0 Å². The molecule has 0 atom stereocenters. The van der Waals surface area contributed by atoms with E-state index < -0.39 is 11.8 Å². The second-order valence-electron chi connectivity index (χ2n) is 6.66. The fourth-order valence-electron chi connectivity index (χ4n) is 2.96. The first kappa shape index (κ1) is 19.4. The Balaban J connectivity index is 1.47. The first-order chi connectivity index (χ1) is 13.5. The van der Waals surface area contributed by atoms with Gasteiger partial charge in [0.1, 0.15) is 5.75 Å². The molecule has 0 bridgehead atoms. The van der Waals surface area contributed by atoms with Crippen molar-refractivity contribution >= 4 is 23.4 Å². The van der Waals surface area contributed by atoms with Gasteiger partial charge >= 0.3 is 0 Å². The van der Waals surface area contributed by atoms with Crippen molar-refractivity contribution in [2.24, 2.45) is 0 Å². The fraction of sp³-hybridized carbons (Fsp3) is 0.286. The van der Waals surface area contributed by atoms with Crippen LogP contribution in [-0.4, -0.2) is 30.9 Å². The first-order valence-electron chi connectivity index (χ1n) is 9.22. The molecule has 1 aliphatic rings. The number of hydrogen-bond donors (Lipinski definition) is 2. The highest BCUT2D eigenvalue weighted by atomic mass is 16.5. The number of carbonyl (C=O) groups excluding carboxylic acids is 3. The van der Waals surface area contributed by atoms with Crippen molar-refractivity contribution in [3.8, 4) is 5.75 Å². The number of piperidine rings is 1. The third-order valence-electron chi connectivity index (χ3n) is 4.44. The number of benzene rings is 2. The first-order valence-corrected chi connectivity index (χ1v) is 9.22. The molecule has 0 spiro atoms. The molecule has 2 N–H and O–H groups in total. The van der Waals surface area contributed by atoms with Crippen molar-refractivity contribution in [3.63, 3.8) is 0 Å². The standard InChI is InChI=1S/C21H23N3O4/c1-15-5-4-6-18(13-15)28-14-19(25)22-23-21(27)16-8-10-17(11-9-16)24-12-3-2-7-20(24)26/h4-6,8-11,13H,2-3,7,12,14H2,1H3,(H,22,25)(H,23,27). The van der Waals surface area contributed by atoms with E-state index in [2.05, 4.69) is 10.9 Å². The van der Waals surface area contributed by atoms with E-state index in [9.17, 15) is 14.4 Å². The Morgan fingerprint density at radius 3 is 2.57 bits per heavy atom. The smallest absolute Gasteiger partial charge is 0.276 e. The minimum absolute atomic E-state index is 0.101. The molecule has 1 fully saturated rings. The average Bonchev–Trinajstić information content (AvgIpc) is 2.71. The van der Waals surface area contributed by atoms with Gasteiger partial charge in [-0.05, 0) is 61.7 Å². The van der Waals surface area contributed by atoms with Gasteiger partial charge in [0.2, 0.25) is 5.91 Å². The summed E-state index contributed by atoms with van der Waals surface area (Å²) < 4.78 is 5.38. The van der Waals surface area contributed by atoms with Gasteiger partial charge in [0.25, 0.3) is 11.8 Å². The molecule has 28 heavy (non-hydrogen) atoms. The summed E-state index contributed by atoms with van der Waals surface area (Å²) in [7, 11) is 0. The summed E-state index contributed by atoms with van der Waals surface area (Å²) in [5, 5.41) is 0. The van der Waals surface area contributed by atoms with Crippen LogP contribution in [0.4, 0.5) is 5.69 Å². The maximum absolute atomic E-state index is 12.2. The fourth-order valence-corrected chi connectivity index (χ4v) is 2.96. The molecule has 1 aliphatic heterocycles. The van der Waals surface area contributed by atoms with Gasteiger partial charge in [0.15, 0.2) is 6.61 Å². The van der Waals surface area contributed by atoms with E-state index in [1.54, 1.807) is 35.2 Å². The van der Waals surface area contributed by atoms with Crippen molar-refractivity contribution < 1.29 is 19.1 Å². The maximum atomic E-state index is 12.2. The van der Waals surface area contributed by atoms with Gasteiger partial charge in [-0.25, -0.2) is 0 Å². The van der Waals surface area contributed by atoms with Crippen LogP contribution in [0.5, 0.6) is 5.75 Å². The van der Waals surface area contributed by atoms with Crippen molar-refractivity contribution in [2.45, 2.75) is 26.2 Å². The van der Waals surface area contributed by atoms with Crippen LogP contribution >= 0.6 is 0 Å². The molecule has 0 aromatic heterocycles. The summed E-state index contributed by atoms with van der Waals surface area (Å²) in [5.74, 6) is -0.223. The molecular formula is C21H23N3O4. The zero-order valence-electron chi connectivity index (χ0n) is 15.7. The molecule has 1 saturated heterocycles. The minimum Gasteiger partial charge on any atom is -0.484 e. The number of ether oxygens (including phenoxy) is 1. The van der Waals surface area contributed by atoms with Crippen LogP contribution in [0.25, 0.3) is 0 Å². The molecule has 7 nitrogen and oxygen atoms in total. The maximum Gasteiger partial charge on any atom is 0.276 e. The van der Waals surface area contributed by atoms with Gasteiger partial charge in [-0.1, -0.05) is 12.1 Å². The van der Waals surface area contributed by atoms with Crippen LogP contribution in [0.1, 0.15) is 35.2 Å². The molecular weight excluding hydrogens is 358 g/mol. The molecule has 0 unspecified atom stereocenters. The molecule has 7 heteroatoms. The highest BCUT2D eigenvalue weighted by molar-refractivity contribution is 5.97.